The van der Waals surface area contributed by atoms with Crippen molar-refractivity contribution in [3.8, 4) is 5.75 Å². The summed E-state index contributed by atoms with van der Waals surface area (Å²) in [5, 5.41) is 21.3. The van der Waals surface area contributed by atoms with Crippen molar-refractivity contribution in [3.05, 3.63) is 57.8 Å². The molecule has 1 heterocycles. The van der Waals surface area contributed by atoms with Gasteiger partial charge in [0, 0.05) is 0 Å². The normalized spacial score (nSPS) is 10.6. The second-order valence-corrected chi connectivity index (χ2v) is 4.57. The number of halogens is 2. The molecule has 9 nitrogen and oxygen atoms in total. The maximum Gasteiger partial charge on any atom is 0.362 e. The Morgan fingerprint density at radius 1 is 1.24 bits per heavy atom. The van der Waals surface area contributed by atoms with Gasteiger partial charge in [-0.25, -0.2) is 10.1 Å². The van der Waals surface area contributed by atoms with Gasteiger partial charge in [0.15, 0.2) is 10.8 Å². The van der Waals surface area contributed by atoms with Crippen LogP contribution < -0.4 is 11.0 Å². The Hall–Kier alpha value is -2.52. The van der Waals surface area contributed by atoms with Crippen molar-refractivity contribution in [1.29, 1.82) is 0 Å². The fourth-order valence-corrected chi connectivity index (χ4v) is 2.01. The van der Waals surface area contributed by atoms with E-state index in [9.17, 15) is 29.7 Å². The summed E-state index contributed by atoms with van der Waals surface area (Å²) in [6, 6.07) is 1.89. The second-order valence-electron chi connectivity index (χ2n) is 3.76. The SMILES string of the molecule is O=Nc1c(O)c2cc(Cl)c(Cl)cc2n([N+](=O)[O-])c(=O)c1=O. The highest BCUT2D eigenvalue weighted by atomic mass is 35.5. The van der Waals surface area contributed by atoms with E-state index < -0.39 is 38.4 Å². The maximum atomic E-state index is 11.8. The van der Waals surface area contributed by atoms with Crippen molar-refractivity contribution >= 4 is 39.8 Å². The topological polar surface area (TPSA) is 132 Å². The number of benzene rings is 1. The molecule has 108 valence electrons. The second kappa shape index (κ2) is 5.11. The van der Waals surface area contributed by atoms with Gasteiger partial charge in [0.2, 0.25) is 5.69 Å². The van der Waals surface area contributed by atoms with Crippen LogP contribution in [0.2, 0.25) is 10.0 Å². The first-order valence-electron chi connectivity index (χ1n) is 5.08. The molecule has 0 aliphatic heterocycles. The Morgan fingerprint density at radius 3 is 2.33 bits per heavy atom. The van der Waals surface area contributed by atoms with Gasteiger partial charge in [0.05, 0.1) is 15.4 Å². The summed E-state index contributed by atoms with van der Waals surface area (Å²) >= 11 is 11.4. The summed E-state index contributed by atoms with van der Waals surface area (Å²) in [7, 11) is 0. The first-order valence-corrected chi connectivity index (χ1v) is 5.84. The highest BCUT2D eigenvalue weighted by Crippen LogP contribution is 2.34. The van der Waals surface area contributed by atoms with Gasteiger partial charge in [-0.1, -0.05) is 23.2 Å². The summed E-state index contributed by atoms with van der Waals surface area (Å²) < 4.78 is -0.145. The van der Waals surface area contributed by atoms with Gasteiger partial charge in [0.25, 0.3) is 5.43 Å². The zero-order valence-electron chi connectivity index (χ0n) is 9.74. The van der Waals surface area contributed by atoms with E-state index >= 15 is 0 Å². The van der Waals surface area contributed by atoms with Gasteiger partial charge in [-0.2, -0.15) is 0 Å². The molecule has 2 aromatic rings. The number of hydrogen-bond donors (Lipinski definition) is 1. The summed E-state index contributed by atoms with van der Waals surface area (Å²) in [6.45, 7) is 0. The number of aromatic nitrogens is 1. The van der Waals surface area contributed by atoms with Crippen LogP contribution in [0.1, 0.15) is 0 Å². The molecular formula is C10H3Cl2N3O6. The van der Waals surface area contributed by atoms with E-state index in [2.05, 4.69) is 5.18 Å². The van der Waals surface area contributed by atoms with Gasteiger partial charge in [-0.15, -0.1) is 4.91 Å². The monoisotopic (exact) mass is 331 g/mol. The predicted molar refractivity (Wildman–Crippen MR) is 74.0 cm³/mol. The fraction of sp³-hybridized carbons (Fsp3) is 0. The first kappa shape index (κ1) is 14.9. The van der Waals surface area contributed by atoms with Crippen molar-refractivity contribution < 1.29 is 10.1 Å². The van der Waals surface area contributed by atoms with Gasteiger partial charge in [-0.3, -0.25) is 9.59 Å². The van der Waals surface area contributed by atoms with Gasteiger partial charge >= 0.3 is 5.56 Å². The van der Waals surface area contributed by atoms with E-state index in [1.807, 2.05) is 0 Å². The molecule has 0 unspecified atom stereocenters. The Morgan fingerprint density at radius 2 is 1.81 bits per heavy atom. The van der Waals surface area contributed by atoms with Crippen molar-refractivity contribution in [2.75, 3.05) is 0 Å². The van der Waals surface area contributed by atoms with Crippen molar-refractivity contribution in [3.63, 3.8) is 0 Å². The molecule has 2 rings (SSSR count). The zero-order valence-corrected chi connectivity index (χ0v) is 11.3. The van der Waals surface area contributed by atoms with E-state index in [4.69, 9.17) is 23.2 Å². The van der Waals surface area contributed by atoms with E-state index in [1.54, 1.807) is 0 Å². The van der Waals surface area contributed by atoms with E-state index in [0.29, 0.717) is 0 Å². The maximum absolute atomic E-state index is 11.8. The molecule has 0 bridgehead atoms. The smallest absolute Gasteiger partial charge is 0.362 e. The minimum Gasteiger partial charge on any atom is -0.505 e. The van der Waals surface area contributed by atoms with E-state index in [0.717, 1.165) is 12.1 Å². The standard InChI is InChI=1S/C10H3Cl2N3O6/c11-4-1-3-6(2-5(4)12)14(15(20)21)10(18)9(17)7(13-19)8(3)16/h1-2,16H. The molecule has 21 heavy (non-hydrogen) atoms. The average molecular weight is 332 g/mol. The molecule has 0 saturated heterocycles. The predicted octanol–water partition coefficient (Wildman–Crippen LogP) is 1.81. The highest BCUT2D eigenvalue weighted by Gasteiger charge is 2.22. The van der Waals surface area contributed by atoms with Crippen LogP contribution >= 0.6 is 23.2 Å². The number of hydrogen-bond acceptors (Lipinski definition) is 7. The third-order valence-corrected chi connectivity index (χ3v) is 3.32. The number of nitroso groups, excluding NO2 is 1. The third kappa shape index (κ3) is 2.22. The lowest BCUT2D eigenvalue weighted by Crippen LogP contribution is -2.35. The minimum absolute atomic E-state index is 0.114. The van der Waals surface area contributed by atoms with E-state index in [-0.39, 0.29) is 14.7 Å². The molecule has 0 amide bonds. The molecule has 0 atom stereocenters. The molecule has 0 spiro atoms. The molecule has 1 aromatic carbocycles. The third-order valence-electron chi connectivity index (χ3n) is 2.60. The van der Waals surface area contributed by atoms with Crippen molar-refractivity contribution in [2.24, 2.45) is 5.18 Å². The van der Waals surface area contributed by atoms with Gasteiger partial charge < -0.3 is 5.11 Å². The molecule has 0 radical (unpaired) electrons. The molecule has 0 saturated carbocycles. The fourth-order valence-electron chi connectivity index (χ4n) is 1.69. The number of aromatic hydroxyl groups is 1. The molecule has 1 aromatic heterocycles. The van der Waals surface area contributed by atoms with Crippen LogP contribution in [0.25, 0.3) is 10.9 Å². The van der Waals surface area contributed by atoms with Crippen molar-refractivity contribution in [1.82, 2.24) is 4.68 Å². The Bertz CT molecular complexity index is 923. The van der Waals surface area contributed by atoms with Crippen LogP contribution in [0, 0.1) is 15.0 Å². The van der Waals surface area contributed by atoms with E-state index in [1.165, 1.54) is 0 Å². The largest absolute Gasteiger partial charge is 0.505 e. The lowest BCUT2D eigenvalue weighted by molar-refractivity contribution is -0.540. The summed E-state index contributed by atoms with van der Waals surface area (Å²) in [5.74, 6) is -0.999. The molecular weight excluding hydrogens is 329 g/mol. The van der Waals surface area contributed by atoms with Crippen LogP contribution in [-0.2, 0) is 0 Å². The van der Waals surface area contributed by atoms with Gasteiger partial charge in [-0.05, 0) is 22.0 Å². The summed E-state index contributed by atoms with van der Waals surface area (Å²) in [5.41, 5.74) is -4.95. The number of rotatable bonds is 2. The Balaban J connectivity index is 3.35. The lowest BCUT2D eigenvalue weighted by atomic mass is 10.2. The van der Waals surface area contributed by atoms with Crippen LogP contribution in [0.15, 0.2) is 26.9 Å². The summed E-state index contributed by atoms with van der Waals surface area (Å²) in [6.07, 6.45) is 0. The molecule has 0 fully saturated rings. The zero-order chi connectivity index (χ0) is 15.9. The average Bonchev–Trinajstić information content (AvgIpc) is 2.48. The lowest BCUT2D eigenvalue weighted by Gasteiger charge is -2.01. The van der Waals surface area contributed by atoms with Crippen LogP contribution in [-0.4, -0.2) is 14.8 Å². The Kier molecular flexibility index (Phi) is 3.62. The number of nitrogens with zero attached hydrogens (tertiary/aromatic N) is 3. The molecule has 0 aliphatic carbocycles. The molecule has 1 N–H and O–H groups in total. The Labute approximate surface area is 124 Å². The molecule has 11 heteroatoms. The van der Waals surface area contributed by atoms with Crippen molar-refractivity contribution in [2.45, 2.75) is 0 Å². The molecule has 0 aliphatic rings. The van der Waals surface area contributed by atoms with Crippen LogP contribution in [0.5, 0.6) is 5.75 Å². The first-order chi connectivity index (χ1) is 9.79. The minimum atomic E-state index is -1.67. The number of nitro groups is 1. The van der Waals surface area contributed by atoms with Gasteiger partial charge in [0.1, 0.15) is 5.52 Å². The summed E-state index contributed by atoms with van der Waals surface area (Å²) in [4.78, 5) is 45.1. The quantitative estimate of drug-likeness (QED) is 0.386. The van der Waals surface area contributed by atoms with Crippen LogP contribution in [0.4, 0.5) is 5.69 Å². The highest BCUT2D eigenvalue weighted by molar-refractivity contribution is 6.42. The number of fused-ring (bicyclic) bond motifs is 1. The van der Waals surface area contributed by atoms with Crippen LogP contribution in [0.3, 0.4) is 0 Å².